The highest BCUT2D eigenvalue weighted by Crippen LogP contribution is 2.09. The van der Waals surface area contributed by atoms with Crippen molar-refractivity contribution in [3.05, 3.63) is 54.1 Å². The van der Waals surface area contributed by atoms with Gasteiger partial charge in [-0.1, -0.05) is 18.2 Å². The van der Waals surface area contributed by atoms with E-state index in [9.17, 15) is 9.59 Å². The molecule has 0 saturated heterocycles. The van der Waals surface area contributed by atoms with Gasteiger partial charge in [-0.3, -0.25) is 4.79 Å². The van der Waals surface area contributed by atoms with Crippen LogP contribution in [0.3, 0.4) is 0 Å². The zero-order valence-corrected chi connectivity index (χ0v) is 9.38. The Hall–Kier alpha value is -2.36. The average Bonchev–Trinajstić information content (AvgIpc) is 2.30. The number of carbonyl (C=O) groups is 2. The third-order valence-corrected chi connectivity index (χ3v) is 1.95. The second-order valence-corrected chi connectivity index (χ2v) is 3.26. The Morgan fingerprint density at radius 2 is 1.82 bits per heavy atom. The van der Waals surface area contributed by atoms with Gasteiger partial charge in [-0.2, -0.15) is 0 Å². The maximum Gasteiger partial charge on any atom is 0.335 e. The summed E-state index contributed by atoms with van der Waals surface area (Å²) in [5, 5.41) is 11.3. The third kappa shape index (κ3) is 4.34. The van der Waals surface area contributed by atoms with E-state index in [4.69, 9.17) is 5.11 Å². The summed E-state index contributed by atoms with van der Waals surface area (Å²) in [6.07, 6.45) is 6.57. The van der Waals surface area contributed by atoms with Gasteiger partial charge in [0.2, 0.25) is 5.91 Å². The van der Waals surface area contributed by atoms with Crippen molar-refractivity contribution in [1.29, 1.82) is 0 Å². The summed E-state index contributed by atoms with van der Waals surface area (Å²) >= 11 is 0. The van der Waals surface area contributed by atoms with Gasteiger partial charge in [-0.05, 0) is 31.2 Å². The van der Waals surface area contributed by atoms with E-state index in [2.05, 4.69) is 5.32 Å². The molecule has 0 radical (unpaired) electrons. The fourth-order valence-corrected chi connectivity index (χ4v) is 1.13. The molecule has 4 heteroatoms. The number of carbonyl (C=O) groups excluding carboxylic acids is 1. The number of nitrogens with one attached hydrogen (secondary N) is 1. The van der Waals surface area contributed by atoms with Crippen LogP contribution in [0.1, 0.15) is 17.3 Å². The van der Waals surface area contributed by atoms with Crippen LogP contribution in [0, 0.1) is 0 Å². The zero-order valence-electron chi connectivity index (χ0n) is 9.38. The minimum Gasteiger partial charge on any atom is -0.478 e. The molecule has 2 N–H and O–H groups in total. The van der Waals surface area contributed by atoms with Gasteiger partial charge in [0.15, 0.2) is 0 Å². The first-order chi connectivity index (χ1) is 8.13. The van der Waals surface area contributed by atoms with E-state index in [-0.39, 0.29) is 11.5 Å². The minimum atomic E-state index is -0.990. The molecule has 0 aliphatic carbocycles. The maximum atomic E-state index is 11.4. The summed E-state index contributed by atoms with van der Waals surface area (Å²) < 4.78 is 0. The van der Waals surface area contributed by atoms with Crippen molar-refractivity contribution < 1.29 is 14.7 Å². The van der Waals surface area contributed by atoms with E-state index >= 15 is 0 Å². The molecule has 0 bridgehead atoms. The summed E-state index contributed by atoms with van der Waals surface area (Å²) in [4.78, 5) is 22.0. The summed E-state index contributed by atoms with van der Waals surface area (Å²) in [5.41, 5.74) is 0.748. The van der Waals surface area contributed by atoms with E-state index in [1.807, 2.05) is 13.0 Å². The zero-order chi connectivity index (χ0) is 12.7. The average molecular weight is 231 g/mol. The van der Waals surface area contributed by atoms with Crippen LogP contribution in [0.4, 0.5) is 5.69 Å². The Bertz CT molecular complexity index is 458. The van der Waals surface area contributed by atoms with E-state index < -0.39 is 5.97 Å². The monoisotopic (exact) mass is 231 g/mol. The van der Waals surface area contributed by atoms with Crippen molar-refractivity contribution in [2.45, 2.75) is 6.92 Å². The first kappa shape index (κ1) is 12.7. The van der Waals surface area contributed by atoms with E-state index in [1.165, 1.54) is 18.2 Å². The second kappa shape index (κ2) is 6.27. The molecule has 17 heavy (non-hydrogen) atoms. The van der Waals surface area contributed by atoms with E-state index in [0.717, 1.165) is 0 Å². The van der Waals surface area contributed by atoms with Gasteiger partial charge in [0, 0.05) is 11.8 Å². The van der Waals surface area contributed by atoms with Crippen LogP contribution in [-0.2, 0) is 4.79 Å². The van der Waals surface area contributed by atoms with E-state index in [1.54, 1.807) is 24.3 Å². The van der Waals surface area contributed by atoms with Crippen LogP contribution in [-0.4, -0.2) is 17.0 Å². The Kier molecular flexibility index (Phi) is 4.69. The van der Waals surface area contributed by atoms with E-state index in [0.29, 0.717) is 5.69 Å². The Balaban J connectivity index is 2.63. The molecule has 0 heterocycles. The lowest BCUT2D eigenvalue weighted by Crippen LogP contribution is -2.07. The summed E-state index contributed by atoms with van der Waals surface area (Å²) in [7, 11) is 0. The lowest BCUT2D eigenvalue weighted by atomic mass is 10.2. The normalized spacial score (nSPS) is 10.9. The predicted octanol–water partition coefficient (Wildman–Crippen LogP) is 2.46. The Morgan fingerprint density at radius 3 is 2.35 bits per heavy atom. The first-order valence-electron chi connectivity index (χ1n) is 5.07. The van der Waals surface area contributed by atoms with Gasteiger partial charge in [0.05, 0.1) is 5.56 Å². The Labute approximate surface area is 99.3 Å². The largest absolute Gasteiger partial charge is 0.478 e. The fourth-order valence-electron chi connectivity index (χ4n) is 1.13. The number of aromatic carboxylic acids is 1. The molecule has 1 rings (SSSR count). The minimum absolute atomic E-state index is 0.187. The summed E-state index contributed by atoms with van der Waals surface area (Å²) in [6.45, 7) is 1.85. The van der Waals surface area contributed by atoms with Crippen molar-refractivity contribution in [2.24, 2.45) is 0 Å². The highest BCUT2D eigenvalue weighted by Gasteiger charge is 2.02. The fraction of sp³-hybridized carbons (Fsp3) is 0.0769. The molecule has 0 spiro atoms. The SMILES string of the molecule is C/C=C/C=C\C(=O)Nc1ccc(C(=O)O)cc1. The molecule has 0 aliphatic heterocycles. The molecule has 1 aromatic rings. The van der Waals surface area contributed by atoms with Crippen molar-refractivity contribution >= 4 is 17.6 Å². The number of carboxylic acids is 1. The highest BCUT2D eigenvalue weighted by molar-refractivity contribution is 5.99. The molecule has 0 aliphatic rings. The van der Waals surface area contributed by atoms with Crippen LogP contribution in [0.2, 0.25) is 0 Å². The molecule has 4 nitrogen and oxygen atoms in total. The number of benzene rings is 1. The van der Waals surface area contributed by atoms with Crippen LogP contribution in [0.15, 0.2) is 48.6 Å². The summed E-state index contributed by atoms with van der Waals surface area (Å²) in [5.74, 6) is -1.25. The van der Waals surface area contributed by atoms with Gasteiger partial charge in [0.1, 0.15) is 0 Å². The standard InChI is InChI=1S/C13H13NO3/c1-2-3-4-5-12(15)14-11-8-6-10(7-9-11)13(16)17/h2-9H,1H3,(H,14,15)(H,16,17)/b3-2+,5-4-. The molecule has 0 atom stereocenters. The topological polar surface area (TPSA) is 66.4 Å². The maximum absolute atomic E-state index is 11.4. The number of hydrogen-bond donors (Lipinski definition) is 2. The lowest BCUT2D eigenvalue weighted by Gasteiger charge is -2.01. The van der Waals surface area contributed by atoms with Gasteiger partial charge in [0.25, 0.3) is 0 Å². The highest BCUT2D eigenvalue weighted by atomic mass is 16.4. The smallest absolute Gasteiger partial charge is 0.335 e. The third-order valence-electron chi connectivity index (χ3n) is 1.95. The molecule has 0 saturated carbocycles. The summed E-state index contributed by atoms with van der Waals surface area (Å²) in [6, 6.07) is 5.97. The lowest BCUT2D eigenvalue weighted by molar-refractivity contribution is -0.111. The van der Waals surface area contributed by atoms with Crippen molar-refractivity contribution in [2.75, 3.05) is 5.32 Å². The van der Waals surface area contributed by atoms with Gasteiger partial charge < -0.3 is 10.4 Å². The molecule has 0 unspecified atom stereocenters. The Morgan fingerprint density at radius 1 is 1.18 bits per heavy atom. The predicted molar refractivity (Wildman–Crippen MR) is 66.0 cm³/mol. The van der Waals surface area contributed by atoms with Crippen molar-refractivity contribution in [1.82, 2.24) is 0 Å². The molecule has 0 aromatic heterocycles. The molecular formula is C13H13NO3. The van der Waals surface area contributed by atoms with Gasteiger partial charge >= 0.3 is 5.97 Å². The molecule has 0 fully saturated rings. The van der Waals surface area contributed by atoms with Gasteiger partial charge in [-0.25, -0.2) is 4.79 Å². The number of anilines is 1. The van der Waals surface area contributed by atoms with Crippen LogP contribution < -0.4 is 5.32 Å². The van der Waals surface area contributed by atoms with Crippen molar-refractivity contribution in [3.63, 3.8) is 0 Å². The molecule has 1 amide bonds. The van der Waals surface area contributed by atoms with Crippen molar-refractivity contribution in [3.8, 4) is 0 Å². The molecular weight excluding hydrogens is 218 g/mol. The number of amides is 1. The molecule has 88 valence electrons. The van der Waals surface area contributed by atoms with Crippen LogP contribution in [0.5, 0.6) is 0 Å². The van der Waals surface area contributed by atoms with Crippen LogP contribution in [0.25, 0.3) is 0 Å². The number of rotatable bonds is 4. The number of carboxylic acid groups (broad SMARTS) is 1. The quantitative estimate of drug-likeness (QED) is 0.618. The van der Waals surface area contributed by atoms with Gasteiger partial charge in [-0.15, -0.1) is 0 Å². The second-order valence-electron chi connectivity index (χ2n) is 3.26. The van der Waals surface area contributed by atoms with Crippen LogP contribution >= 0.6 is 0 Å². The first-order valence-corrected chi connectivity index (χ1v) is 5.07. The molecule has 1 aromatic carbocycles. The number of allylic oxidation sites excluding steroid dienone is 3. The number of hydrogen-bond acceptors (Lipinski definition) is 2.